The monoisotopic (exact) mass is 213 g/mol. The van der Waals surface area contributed by atoms with Crippen LogP contribution in [0.5, 0.6) is 0 Å². The van der Waals surface area contributed by atoms with Gasteiger partial charge in [-0.05, 0) is 19.3 Å². The number of rotatable bonds is 7. The van der Waals surface area contributed by atoms with Gasteiger partial charge in [-0.2, -0.15) is 0 Å². The van der Waals surface area contributed by atoms with Crippen molar-refractivity contribution in [2.24, 2.45) is 5.41 Å². The van der Waals surface area contributed by atoms with Crippen molar-refractivity contribution in [3.8, 4) is 0 Å². The lowest BCUT2D eigenvalue weighted by Crippen LogP contribution is -2.41. The van der Waals surface area contributed by atoms with Crippen LogP contribution in [0, 0.1) is 5.41 Å². The Bertz CT molecular complexity index is 181. The van der Waals surface area contributed by atoms with Gasteiger partial charge in [0.15, 0.2) is 0 Å². The van der Waals surface area contributed by atoms with Crippen LogP contribution in [0.15, 0.2) is 0 Å². The molecule has 2 heteroatoms. The van der Waals surface area contributed by atoms with E-state index in [1.165, 1.54) is 0 Å². The quantitative estimate of drug-likeness (QED) is 0.634. The minimum Gasteiger partial charge on any atom is -0.342 e. The molecule has 15 heavy (non-hydrogen) atoms. The highest BCUT2D eigenvalue weighted by Gasteiger charge is 2.30. The molecule has 0 bridgehead atoms. The molecule has 0 aromatic rings. The summed E-state index contributed by atoms with van der Waals surface area (Å²) in [5, 5.41) is 0. The van der Waals surface area contributed by atoms with Gasteiger partial charge in [0, 0.05) is 18.5 Å². The molecule has 0 saturated carbocycles. The number of amides is 1. The molecule has 0 aliphatic rings. The van der Waals surface area contributed by atoms with Gasteiger partial charge in [0.05, 0.1) is 0 Å². The van der Waals surface area contributed by atoms with Crippen molar-refractivity contribution < 1.29 is 4.79 Å². The highest BCUT2D eigenvalue weighted by Crippen LogP contribution is 2.25. The Kier molecular flexibility index (Phi) is 6.62. The van der Waals surface area contributed by atoms with Crippen LogP contribution in [0.4, 0.5) is 0 Å². The molecule has 0 atom stereocenters. The van der Waals surface area contributed by atoms with Crippen LogP contribution in [0.1, 0.15) is 60.3 Å². The summed E-state index contributed by atoms with van der Waals surface area (Å²) in [4.78, 5) is 14.3. The lowest BCUT2D eigenvalue weighted by atomic mass is 9.86. The first-order chi connectivity index (χ1) is 6.99. The fourth-order valence-electron chi connectivity index (χ4n) is 2.01. The Labute approximate surface area is 95.0 Å². The summed E-state index contributed by atoms with van der Waals surface area (Å²) in [7, 11) is 0. The van der Waals surface area contributed by atoms with E-state index in [2.05, 4.69) is 34.6 Å². The molecule has 0 unspecified atom stereocenters. The molecule has 0 aliphatic carbocycles. The van der Waals surface area contributed by atoms with Crippen molar-refractivity contribution in [1.82, 2.24) is 4.90 Å². The van der Waals surface area contributed by atoms with E-state index < -0.39 is 0 Å². The van der Waals surface area contributed by atoms with Gasteiger partial charge in [-0.1, -0.05) is 41.0 Å². The smallest absolute Gasteiger partial charge is 0.228 e. The zero-order chi connectivity index (χ0) is 11.9. The molecule has 1 amide bonds. The Hall–Kier alpha value is -0.530. The Morgan fingerprint density at radius 2 is 1.47 bits per heavy atom. The van der Waals surface area contributed by atoms with Gasteiger partial charge in [0.1, 0.15) is 0 Å². The summed E-state index contributed by atoms with van der Waals surface area (Å²) in [6.07, 6.45) is 4.16. The van der Waals surface area contributed by atoms with Crippen LogP contribution in [0.2, 0.25) is 0 Å². The van der Waals surface area contributed by atoms with Gasteiger partial charge in [-0.25, -0.2) is 0 Å². The molecular weight excluding hydrogens is 186 g/mol. The first-order valence-electron chi connectivity index (χ1n) is 6.29. The van der Waals surface area contributed by atoms with Crippen LogP contribution >= 0.6 is 0 Å². The van der Waals surface area contributed by atoms with Gasteiger partial charge < -0.3 is 4.90 Å². The summed E-state index contributed by atoms with van der Waals surface area (Å²) in [5.74, 6) is 0.327. The maximum atomic E-state index is 12.3. The molecule has 0 fully saturated rings. The summed E-state index contributed by atoms with van der Waals surface area (Å²) in [6.45, 7) is 12.3. The summed E-state index contributed by atoms with van der Waals surface area (Å²) < 4.78 is 0. The molecular formula is C13H27NO. The molecule has 0 aliphatic heterocycles. The standard InChI is InChI=1S/C13H27NO/c1-6-9-13(4,5)12(15)14(10-7-2)11-8-3/h6-11H2,1-5H3. The predicted octanol–water partition coefficient (Wildman–Crippen LogP) is 3.46. The third-order valence-corrected chi connectivity index (χ3v) is 2.73. The van der Waals surface area contributed by atoms with Crippen molar-refractivity contribution in [3.05, 3.63) is 0 Å². The lowest BCUT2D eigenvalue weighted by molar-refractivity contribution is -0.140. The van der Waals surface area contributed by atoms with E-state index in [4.69, 9.17) is 0 Å². The van der Waals surface area contributed by atoms with Crippen LogP contribution in [0.3, 0.4) is 0 Å². The molecule has 0 spiro atoms. The van der Waals surface area contributed by atoms with Crippen molar-refractivity contribution in [2.45, 2.75) is 60.3 Å². The first-order valence-corrected chi connectivity index (χ1v) is 6.29. The molecule has 0 heterocycles. The molecule has 0 N–H and O–H groups in total. The second-order valence-corrected chi connectivity index (χ2v) is 4.93. The van der Waals surface area contributed by atoms with Crippen LogP contribution < -0.4 is 0 Å². The van der Waals surface area contributed by atoms with Crippen molar-refractivity contribution in [3.63, 3.8) is 0 Å². The number of nitrogens with zero attached hydrogens (tertiary/aromatic N) is 1. The zero-order valence-corrected chi connectivity index (χ0v) is 11.1. The third-order valence-electron chi connectivity index (χ3n) is 2.73. The summed E-state index contributed by atoms with van der Waals surface area (Å²) >= 11 is 0. The van der Waals surface area contributed by atoms with E-state index in [9.17, 15) is 4.79 Å². The highest BCUT2D eigenvalue weighted by atomic mass is 16.2. The second kappa shape index (κ2) is 6.86. The van der Waals surface area contributed by atoms with Crippen molar-refractivity contribution in [1.29, 1.82) is 0 Å². The normalized spacial score (nSPS) is 11.5. The molecule has 2 nitrogen and oxygen atoms in total. The number of hydrogen-bond acceptors (Lipinski definition) is 1. The van der Waals surface area contributed by atoms with E-state index in [0.29, 0.717) is 5.91 Å². The maximum Gasteiger partial charge on any atom is 0.228 e. The van der Waals surface area contributed by atoms with Gasteiger partial charge in [0.2, 0.25) is 5.91 Å². The molecule has 90 valence electrons. The second-order valence-electron chi connectivity index (χ2n) is 4.93. The van der Waals surface area contributed by atoms with Crippen LogP contribution in [0.25, 0.3) is 0 Å². The fraction of sp³-hybridized carbons (Fsp3) is 0.923. The van der Waals surface area contributed by atoms with E-state index in [0.717, 1.165) is 38.8 Å². The highest BCUT2D eigenvalue weighted by molar-refractivity contribution is 5.81. The lowest BCUT2D eigenvalue weighted by Gasteiger charge is -2.31. The number of hydrogen-bond donors (Lipinski definition) is 0. The molecule has 0 rings (SSSR count). The molecule has 0 aromatic carbocycles. The van der Waals surface area contributed by atoms with Gasteiger partial charge in [0.25, 0.3) is 0 Å². The molecule has 0 aromatic heterocycles. The SMILES string of the molecule is CCCN(CCC)C(=O)C(C)(C)CCC. The average molecular weight is 213 g/mol. The van der Waals surface area contributed by atoms with E-state index in [1.54, 1.807) is 0 Å². The average Bonchev–Trinajstić information content (AvgIpc) is 2.16. The Morgan fingerprint density at radius 3 is 1.80 bits per heavy atom. The Morgan fingerprint density at radius 1 is 1.00 bits per heavy atom. The summed E-state index contributed by atoms with van der Waals surface area (Å²) in [5.41, 5.74) is -0.181. The van der Waals surface area contributed by atoms with Crippen molar-refractivity contribution >= 4 is 5.91 Å². The van der Waals surface area contributed by atoms with Crippen LogP contribution in [-0.4, -0.2) is 23.9 Å². The Balaban J connectivity index is 4.46. The van der Waals surface area contributed by atoms with Crippen LogP contribution in [-0.2, 0) is 4.79 Å². The van der Waals surface area contributed by atoms with Crippen molar-refractivity contribution in [2.75, 3.05) is 13.1 Å². The predicted molar refractivity (Wildman–Crippen MR) is 65.9 cm³/mol. The maximum absolute atomic E-state index is 12.3. The van der Waals surface area contributed by atoms with Gasteiger partial charge >= 0.3 is 0 Å². The largest absolute Gasteiger partial charge is 0.342 e. The minimum atomic E-state index is -0.181. The first kappa shape index (κ1) is 14.5. The number of carbonyl (C=O) groups excluding carboxylic acids is 1. The topological polar surface area (TPSA) is 20.3 Å². The summed E-state index contributed by atoms with van der Waals surface area (Å²) in [6, 6.07) is 0. The van der Waals surface area contributed by atoms with E-state index in [-0.39, 0.29) is 5.41 Å². The molecule has 0 radical (unpaired) electrons. The third kappa shape index (κ3) is 4.67. The molecule has 0 saturated heterocycles. The minimum absolute atomic E-state index is 0.181. The van der Waals surface area contributed by atoms with Gasteiger partial charge in [-0.3, -0.25) is 4.79 Å². The zero-order valence-electron chi connectivity index (χ0n) is 11.1. The fourth-order valence-corrected chi connectivity index (χ4v) is 2.01. The van der Waals surface area contributed by atoms with Gasteiger partial charge in [-0.15, -0.1) is 0 Å². The van der Waals surface area contributed by atoms with E-state index >= 15 is 0 Å². The van der Waals surface area contributed by atoms with E-state index in [1.807, 2.05) is 4.90 Å². The number of carbonyl (C=O) groups is 1.